The number of nitrogens with one attached hydrogen (secondary N) is 2. The van der Waals surface area contributed by atoms with Crippen LogP contribution in [0.25, 0.3) is 0 Å². The number of anilines is 3. The average Bonchev–Trinajstić information content (AvgIpc) is 2.65. The van der Waals surface area contributed by atoms with Crippen molar-refractivity contribution < 1.29 is 4.79 Å². The summed E-state index contributed by atoms with van der Waals surface area (Å²) in [5, 5.41) is 15.3. The van der Waals surface area contributed by atoms with Crippen LogP contribution in [0.1, 0.15) is 21.7 Å². The maximum absolute atomic E-state index is 12.6. The van der Waals surface area contributed by atoms with Crippen molar-refractivity contribution >= 4 is 46.4 Å². The van der Waals surface area contributed by atoms with E-state index in [-0.39, 0.29) is 16.7 Å². The van der Waals surface area contributed by atoms with Crippen LogP contribution in [0, 0.1) is 18.3 Å². The van der Waals surface area contributed by atoms with Crippen molar-refractivity contribution in [1.82, 2.24) is 9.97 Å². The van der Waals surface area contributed by atoms with E-state index < -0.39 is 5.91 Å². The third-order valence-electron chi connectivity index (χ3n) is 3.53. The number of aromatic nitrogens is 2. The lowest BCUT2D eigenvalue weighted by atomic mass is 10.2. The Bertz CT molecular complexity index is 1060. The fourth-order valence-electron chi connectivity index (χ4n) is 2.32. The maximum Gasteiger partial charge on any atom is 0.274 e. The molecular formula is C19H13Cl2N5O. The van der Waals surface area contributed by atoms with E-state index in [2.05, 4.69) is 26.7 Å². The van der Waals surface area contributed by atoms with Crippen LogP contribution in [0.3, 0.4) is 0 Å². The van der Waals surface area contributed by atoms with Gasteiger partial charge < -0.3 is 10.6 Å². The molecule has 0 aliphatic carbocycles. The summed E-state index contributed by atoms with van der Waals surface area (Å²) in [7, 11) is 0. The summed E-state index contributed by atoms with van der Waals surface area (Å²) in [6.07, 6.45) is 0. The Balaban J connectivity index is 1.85. The number of nitriles is 1. The van der Waals surface area contributed by atoms with Crippen LogP contribution in [0.4, 0.5) is 17.3 Å². The molecule has 2 N–H and O–H groups in total. The molecule has 0 saturated carbocycles. The Morgan fingerprint density at radius 1 is 1.11 bits per heavy atom. The topological polar surface area (TPSA) is 90.7 Å². The first-order valence-electron chi connectivity index (χ1n) is 7.84. The van der Waals surface area contributed by atoms with Gasteiger partial charge in [0.05, 0.1) is 27.4 Å². The number of nitrogens with zero attached hydrogens (tertiary/aromatic N) is 3. The molecular weight excluding hydrogens is 385 g/mol. The summed E-state index contributed by atoms with van der Waals surface area (Å²) < 4.78 is 0. The number of amides is 1. The van der Waals surface area contributed by atoms with Crippen LogP contribution in [-0.2, 0) is 0 Å². The Hall–Kier alpha value is -3.14. The summed E-state index contributed by atoms with van der Waals surface area (Å²) >= 11 is 12.1. The van der Waals surface area contributed by atoms with Gasteiger partial charge in [-0.1, -0.05) is 35.3 Å². The quantitative estimate of drug-likeness (QED) is 0.648. The van der Waals surface area contributed by atoms with Crippen molar-refractivity contribution in [3.05, 3.63) is 75.5 Å². The van der Waals surface area contributed by atoms with Crippen LogP contribution in [0.5, 0.6) is 0 Å². The van der Waals surface area contributed by atoms with E-state index in [1.54, 1.807) is 55.5 Å². The van der Waals surface area contributed by atoms with E-state index in [0.29, 0.717) is 27.7 Å². The largest absolute Gasteiger partial charge is 0.324 e. The highest BCUT2D eigenvalue weighted by molar-refractivity contribution is 6.44. The van der Waals surface area contributed by atoms with Gasteiger partial charge in [0.1, 0.15) is 5.69 Å². The lowest BCUT2D eigenvalue weighted by Crippen LogP contribution is -2.15. The first kappa shape index (κ1) is 18.6. The molecule has 3 aromatic rings. The van der Waals surface area contributed by atoms with E-state index >= 15 is 0 Å². The lowest BCUT2D eigenvalue weighted by molar-refractivity contribution is 0.102. The summed E-state index contributed by atoms with van der Waals surface area (Å²) in [5.41, 5.74) is 2.30. The second-order valence-electron chi connectivity index (χ2n) is 5.59. The van der Waals surface area contributed by atoms with Crippen molar-refractivity contribution in [2.24, 2.45) is 0 Å². The summed E-state index contributed by atoms with van der Waals surface area (Å²) in [6, 6.07) is 15.5. The van der Waals surface area contributed by atoms with E-state index in [4.69, 9.17) is 28.5 Å². The van der Waals surface area contributed by atoms with E-state index in [9.17, 15) is 4.79 Å². The lowest BCUT2D eigenvalue weighted by Gasteiger charge is -2.10. The zero-order valence-electron chi connectivity index (χ0n) is 14.1. The van der Waals surface area contributed by atoms with E-state index in [1.807, 2.05) is 0 Å². The number of carbonyl (C=O) groups excluding carboxylic acids is 1. The Labute approximate surface area is 165 Å². The number of rotatable bonds is 4. The van der Waals surface area contributed by atoms with Gasteiger partial charge in [-0.3, -0.25) is 4.79 Å². The molecule has 8 heteroatoms. The van der Waals surface area contributed by atoms with Crippen molar-refractivity contribution in [1.29, 1.82) is 5.26 Å². The highest BCUT2D eigenvalue weighted by Gasteiger charge is 2.14. The molecule has 0 unspecified atom stereocenters. The van der Waals surface area contributed by atoms with Crippen LogP contribution >= 0.6 is 23.2 Å². The minimum Gasteiger partial charge on any atom is -0.324 e. The van der Waals surface area contributed by atoms with Gasteiger partial charge in [-0.05, 0) is 43.3 Å². The molecule has 1 amide bonds. The van der Waals surface area contributed by atoms with Crippen LogP contribution < -0.4 is 10.6 Å². The number of hydrogen-bond acceptors (Lipinski definition) is 5. The fourth-order valence-corrected chi connectivity index (χ4v) is 2.67. The zero-order valence-corrected chi connectivity index (χ0v) is 15.6. The van der Waals surface area contributed by atoms with Crippen molar-refractivity contribution in [3.63, 3.8) is 0 Å². The number of halogens is 2. The molecule has 0 bridgehead atoms. The van der Waals surface area contributed by atoms with Crippen LogP contribution in [0.2, 0.25) is 10.0 Å². The molecule has 27 heavy (non-hydrogen) atoms. The predicted octanol–water partition coefficient (Wildman–Crippen LogP) is 4.96. The molecule has 0 radical (unpaired) electrons. The monoisotopic (exact) mass is 397 g/mol. The normalized spacial score (nSPS) is 10.1. The van der Waals surface area contributed by atoms with Crippen LogP contribution in [0.15, 0.2) is 48.5 Å². The molecule has 1 heterocycles. The highest BCUT2D eigenvalue weighted by Crippen LogP contribution is 2.29. The summed E-state index contributed by atoms with van der Waals surface area (Å²) in [6.45, 7) is 1.75. The third kappa shape index (κ3) is 4.53. The molecule has 0 aliphatic rings. The minimum atomic E-state index is -0.446. The van der Waals surface area contributed by atoms with Gasteiger partial charge in [0.25, 0.3) is 5.91 Å². The SMILES string of the molecule is Cc1cc(C(=O)Nc2cccc(Cl)c2Cl)nc(Nc2cccc(C#N)c2)n1. The van der Waals surface area contributed by atoms with Crippen molar-refractivity contribution in [3.8, 4) is 6.07 Å². The molecule has 0 atom stereocenters. The highest BCUT2D eigenvalue weighted by atomic mass is 35.5. The van der Waals surface area contributed by atoms with Gasteiger partial charge in [-0.15, -0.1) is 0 Å². The summed E-state index contributed by atoms with van der Waals surface area (Å²) in [4.78, 5) is 21.1. The number of benzene rings is 2. The van der Waals surface area contributed by atoms with E-state index in [1.165, 1.54) is 0 Å². The Morgan fingerprint density at radius 3 is 2.67 bits per heavy atom. The molecule has 0 saturated heterocycles. The molecule has 2 aromatic carbocycles. The third-order valence-corrected chi connectivity index (χ3v) is 4.35. The molecule has 0 spiro atoms. The van der Waals surface area contributed by atoms with Gasteiger partial charge >= 0.3 is 0 Å². The van der Waals surface area contributed by atoms with E-state index in [0.717, 1.165) is 0 Å². The minimum absolute atomic E-state index is 0.164. The second kappa shape index (κ2) is 8.04. The Morgan fingerprint density at radius 2 is 1.89 bits per heavy atom. The van der Waals surface area contributed by atoms with Gasteiger partial charge in [-0.2, -0.15) is 5.26 Å². The molecule has 6 nitrogen and oxygen atoms in total. The molecule has 1 aromatic heterocycles. The summed E-state index contributed by atoms with van der Waals surface area (Å²) in [5.74, 6) is -0.203. The predicted molar refractivity (Wildman–Crippen MR) is 106 cm³/mol. The molecule has 134 valence electrons. The average molecular weight is 398 g/mol. The standard InChI is InChI=1S/C19H13Cl2N5O/c1-11-8-16(18(27)25-15-7-3-6-14(20)17(15)21)26-19(23-11)24-13-5-2-4-12(9-13)10-22/h2-9H,1H3,(H,25,27)(H,23,24,26). The van der Waals surface area contributed by atoms with Crippen molar-refractivity contribution in [2.45, 2.75) is 6.92 Å². The van der Waals surface area contributed by atoms with Crippen LogP contribution in [-0.4, -0.2) is 15.9 Å². The number of hydrogen-bond donors (Lipinski definition) is 2. The van der Waals surface area contributed by atoms with Gasteiger partial charge in [0.15, 0.2) is 0 Å². The van der Waals surface area contributed by atoms with Gasteiger partial charge in [-0.25, -0.2) is 9.97 Å². The van der Waals surface area contributed by atoms with Gasteiger partial charge in [0.2, 0.25) is 5.95 Å². The molecule has 3 rings (SSSR count). The first-order chi connectivity index (χ1) is 13.0. The smallest absolute Gasteiger partial charge is 0.274 e. The Kier molecular flexibility index (Phi) is 5.55. The first-order valence-corrected chi connectivity index (χ1v) is 8.60. The van der Waals surface area contributed by atoms with Crippen molar-refractivity contribution in [2.75, 3.05) is 10.6 Å². The maximum atomic E-state index is 12.6. The number of aryl methyl sites for hydroxylation is 1. The number of carbonyl (C=O) groups is 1. The second-order valence-corrected chi connectivity index (χ2v) is 6.38. The fraction of sp³-hybridized carbons (Fsp3) is 0.0526. The van der Waals surface area contributed by atoms with Gasteiger partial charge in [0, 0.05) is 11.4 Å². The zero-order chi connectivity index (χ0) is 19.4. The molecule has 0 fully saturated rings. The molecule has 0 aliphatic heterocycles.